The second-order valence-electron chi connectivity index (χ2n) is 4.10. The third kappa shape index (κ3) is 3.71. The zero-order valence-electron chi connectivity index (χ0n) is 9.26. The summed E-state index contributed by atoms with van der Waals surface area (Å²) in [7, 11) is 0. The van der Waals surface area contributed by atoms with Crippen LogP contribution in [0.5, 0.6) is 0 Å². The van der Waals surface area contributed by atoms with Crippen molar-refractivity contribution in [2.24, 2.45) is 0 Å². The molecule has 2 rings (SSSR count). The first-order chi connectivity index (χ1) is 8.04. The van der Waals surface area contributed by atoms with Gasteiger partial charge in [0.2, 0.25) is 0 Å². The van der Waals surface area contributed by atoms with Crippen LogP contribution < -0.4 is 5.32 Å². The first-order valence-electron chi connectivity index (χ1n) is 5.52. The molecule has 1 saturated heterocycles. The molecule has 2 nitrogen and oxygen atoms in total. The fourth-order valence-corrected chi connectivity index (χ4v) is 1.91. The Morgan fingerprint density at radius 2 is 2.18 bits per heavy atom. The standard InChI is InChI=1S/C12H14F3NO/c13-12(14,15)7-9-2-1-3-10(6-9)11-8-16-4-5-17-11/h1-3,6,11,16H,4-5,7-8H2. The van der Waals surface area contributed by atoms with Gasteiger partial charge in [-0.2, -0.15) is 13.2 Å². The van der Waals surface area contributed by atoms with Crippen molar-refractivity contribution in [1.29, 1.82) is 0 Å². The Bertz CT molecular complexity index is 372. The highest BCUT2D eigenvalue weighted by Gasteiger charge is 2.28. The van der Waals surface area contributed by atoms with Gasteiger partial charge >= 0.3 is 6.18 Å². The summed E-state index contributed by atoms with van der Waals surface area (Å²) >= 11 is 0. The Morgan fingerprint density at radius 3 is 2.82 bits per heavy atom. The molecule has 0 radical (unpaired) electrons. The minimum absolute atomic E-state index is 0.142. The van der Waals surface area contributed by atoms with Gasteiger partial charge in [0.1, 0.15) is 0 Å². The number of hydrogen-bond donors (Lipinski definition) is 1. The second kappa shape index (κ2) is 5.06. The highest BCUT2D eigenvalue weighted by molar-refractivity contribution is 5.26. The number of hydrogen-bond acceptors (Lipinski definition) is 2. The van der Waals surface area contributed by atoms with Gasteiger partial charge in [-0.1, -0.05) is 24.3 Å². The molecule has 1 aromatic rings. The molecule has 1 fully saturated rings. The topological polar surface area (TPSA) is 21.3 Å². The van der Waals surface area contributed by atoms with Crippen LogP contribution in [0.15, 0.2) is 24.3 Å². The van der Waals surface area contributed by atoms with Crippen LogP contribution in [0.2, 0.25) is 0 Å². The lowest BCUT2D eigenvalue weighted by molar-refractivity contribution is -0.127. The molecule has 1 aliphatic rings. The zero-order chi connectivity index (χ0) is 12.3. The third-order valence-corrected chi connectivity index (χ3v) is 2.66. The summed E-state index contributed by atoms with van der Waals surface area (Å²) in [4.78, 5) is 0. The quantitative estimate of drug-likeness (QED) is 0.864. The molecule has 1 atom stereocenters. The molecule has 0 spiro atoms. The minimum Gasteiger partial charge on any atom is -0.371 e. The Balaban J connectivity index is 2.10. The number of benzene rings is 1. The molecule has 0 aliphatic carbocycles. The maximum Gasteiger partial charge on any atom is 0.393 e. The van der Waals surface area contributed by atoms with Gasteiger partial charge in [-0.15, -0.1) is 0 Å². The van der Waals surface area contributed by atoms with E-state index in [1.165, 1.54) is 6.07 Å². The molecule has 5 heteroatoms. The number of nitrogens with one attached hydrogen (secondary N) is 1. The van der Waals surface area contributed by atoms with Gasteiger partial charge in [-0.3, -0.25) is 0 Å². The Morgan fingerprint density at radius 1 is 1.35 bits per heavy atom. The van der Waals surface area contributed by atoms with Crippen molar-refractivity contribution in [2.75, 3.05) is 19.7 Å². The number of alkyl halides is 3. The maximum atomic E-state index is 12.3. The zero-order valence-corrected chi connectivity index (χ0v) is 9.26. The van der Waals surface area contributed by atoms with E-state index < -0.39 is 12.6 Å². The van der Waals surface area contributed by atoms with Gasteiger partial charge in [0.15, 0.2) is 0 Å². The van der Waals surface area contributed by atoms with Crippen LogP contribution in [0.4, 0.5) is 13.2 Å². The van der Waals surface area contributed by atoms with Gasteiger partial charge in [0.05, 0.1) is 19.1 Å². The average molecular weight is 245 g/mol. The van der Waals surface area contributed by atoms with Gasteiger partial charge < -0.3 is 10.1 Å². The Labute approximate surface area is 97.8 Å². The van der Waals surface area contributed by atoms with E-state index in [1.54, 1.807) is 18.2 Å². The summed E-state index contributed by atoms with van der Waals surface area (Å²) in [5, 5.41) is 3.15. The second-order valence-corrected chi connectivity index (χ2v) is 4.10. The van der Waals surface area contributed by atoms with Crippen LogP contribution >= 0.6 is 0 Å². The predicted molar refractivity (Wildman–Crippen MR) is 57.8 cm³/mol. The molecule has 1 unspecified atom stereocenters. The van der Waals surface area contributed by atoms with Crippen molar-refractivity contribution in [3.8, 4) is 0 Å². The van der Waals surface area contributed by atoms with E-state index >= 15 is 0 Å². The SMILES string of the molecule is FC(F)(F)Cc1cccc(C2CNCCO2)c1. The number of morpholine rings is 1. The fraction of sp³-hybridized carbons (Fsp3) is 0.500. The molecule has 1 aliphatic heterocycles. The summed E-state index contributed by atoms with van der Waals surface area (Å²) < 4.78 is 42.3. The lowest BCUT2D eigenvalue weighted by Gasteiger charge is -2.24. The molecule has 0 aromatic heterocycles. The van der Waals surface area contributed by atoms with Crippen LogP contribution in [0, 0.1) is 0 Å². The highest BCUT2D eigenvalue weighted by atomic mass is 19.4. The maximum absolute atomic E-state index is 12.3. The minimum atomic E-state index is -4.16. The number of halogens is 3. The van der Waals surface area contributed by atoms with Crippen LogP contribution in [0.3, 0.4) is 0 Å². The van der Waals surface area contributed by atoms with E-state index in [0.29, 0.717) is 13.2 Å². The van der Waals surface area contributed by atoms with Crippen LogP contribution in [-0.2, 0) is 11.2 Å². The fourth-order valence-electron chi connectivity index (χ4n) is 1.91. The van der Waals surface area contributed by atoms with Crippen LogP contribution in [-0.4, -0.2) is 25.9 Å². The summed E-state index contributed by atoms with van der Waals surface area (Å²) in [6.07, 6.45) is -5.19. The van der Waals surface area contributed by atoms with Crippen molar-refractivity contribution in [3.05, 3.63) is 35.4 Å². The van der Waals surface area contributed by atoms with Crippen molar-refractivity contribution in [1.82, 2.24) is 5.32 Å². The lowest BCUT2D eigenvalue weighted by Crippen LogP contribution is -2.33. The highest BCUT2D eigenvalue weighted by Crippen LogP contribution is 2.24. The van der Waals surface area contributed by atoms with Crippen LogP contribution in [0.25, 0.3) is 0 Å². The summed E-state index contributed by atoms with van der Waals surface area (Å²) in [6.45, 7) is 2.03. The summed E-state index contributed by atoms with van der Waals surface area (Å²) in [6, 6.07) is 6.52. The summed E-state index contributed by atoms with van der Waals surface area (Å²) in [5.74, 6) is 0. The Hall–Kier alpha value is -1.07. The van der Waals surface area contributed by atoms with Crippen molar-refractivity contribution >= 4 is 0 Å². The monoisotopic (exact) mass is 245 g/mol. The lowest BCUT2D eigenvalue weighted by atomic mass is 10.0. The molecule has 94 valence electrons. The average Bonchev–Trinajstić information content (AvgIpc) is 2.28. The molecule has 1 heterocycles. The third-order valence-electron chi connectivity index (χ3n) is 2.66. The van der Waals surface area contributed by atoms with E-state index in [9.17, 15) is 13.2 Å². The molecule has 17 heavy (non-hydrogen) atoms. The van der Waals surface area contributed by atoms with Gasteiger partial charge in [-0.25, -0.2) is 0 Å². The van der Waals surface area contributed by atoms with Gasteiger partial charge in [-0.05, 0) is 11.1 Å². The summed E-state index contributed by atoms with van der Waals surface area (Å²) in [5.41, 5.74) is 1.09. The van der Waals surface area contributed by atoms with Crippen molar-refractivity contribution in [2.45, 2.75) is 18.7 Å². The van der Waals surface area contributed by atoms with Gasteiger partial charge in [0, 0.05) is 13.1 Å². The predicted octanol–water partition coefficient (Wildman–Crippen LogP) is 2.45. The van der Waals surface area contributed by atoms with Crippen molar-refractivity contribution < 1.29 is 17.9 Å². The smallest absolute Gasteiger partial charge is 0.371 e. The van der Waals surface area contributed by atoms with E-state index in [1.807, 2.05) is 0 Å². The van der Waals surface area contributed by atoms with Crippen molar-refractivity contribution in [3.63, 3.8) is 0 Å². The first kappa shape index (κ1) is 12.4. The molecule has 0 saturated carbocycles. The van der Waals surface area contributed by atoms with E-state index in [4.69, 9.17) is 4.74 Å². The molecular weight excluding hydrogens is 231 g/mol. The largest absolute Gasteiger partial charge is 0.393 e. The Kier molecular flexibility index (Phi) is 3.69. The van der Waals surface area contributed by atoms with E-state index in [-0.39, 0.29) is 11.7 Å². The molecule has 0 bridgehead atoms. The molecule has 0 amide bonds. The van der Waals surface area contributed by atoms with E-state index in [0.717, 1.165) is 12.1 Å². The number of ether oxygens (including phenoxy) is 1. The number of rotatable bonds is 2. The molecular formula is C12H14F3NO. The normalized spacial score (nSPS) is 21.5. The van der Waals surface area contributed by atoms with Crippen LogP contribution in [0.1, 0.15) is 17.2 Å². The van der Waals surface area contributed by atoms with Gasteiger partial charge in [0.25, 0.3) is 0 Å². The first-order valence-corrected chi connectivity index (χ1v) is 5.52. The molecule has 1 aromatic carbocycles. The van der Waals surface area contributed by atoms with E-state index in [2.05, 4.69) is 5.32 Å². The molecule has 1 N–H and O–H groups in total.